The molecule has 1 saturated heterocycles. The van der Waals surface area contributed by atoms with Crippen LogP contribution in [0.1, 0.15) is 0 Å². The number of carbonyl (C=O) groups excluding carboxylic acids is 2. The van der Waals surface area contributed by atoms with Gasteiger partial charge in [-0.1, -0.05) is 11.6 Å². The van der Waals surface area contributed by atoms with Crippen LogP contribution < -0.4 is 10.2 Å². The van der Waals surface area contributed by atoms with Crippen LogP contribution in [0.25, 0.3) is 0 Å². The Bertz CT molecular complexity index is 656. The van der Waals surface area contributed by atoms with E-state index >= 15 is 0 Å². The average Bonchev–Trinajstić information content (AvgIpc) is 2.36. The zero-order chi connectivity index (χ0) is 14.9. The number of hydrogen-bond donors (Lipinski definition) is 2. The minimum absolute atomic E-state index is 0. The van der Waals surface area contributed by atoms with E-state index in [0.29, 0.717) is 16.8 Å². The zero-order valence-corrected chi connectivity index (χ0v) is 11.9. The quantitative estimate of drug-likeness (QED) is 0.459. The second-order valence-electron chi connectivity index (χ2n) is 3.77. The minimum atomic E-state index is -1.40. The summed E-state index contributed by atoms with van der Waals surface area (Å²) in [6.07, 6.45) is 0.544. The van der Waals surface area contributed by atoms with Crippen molar-refractivity contribution in [2.75, 3.05) is 4.90 Å². The van der Waals surface area contributed by atoms with Crippen LogP contribution in [0.2, 0.25) is 5.02 Å². The van der Waals surface area contributed by atoms with Gasteiger partial charge in [0.2, 0.25) is 0 Å². The molecule has 7 nitrogen and oxygen atoms in total. The van der Waals surface area contributed by atoms with Crippen LogP contribution in [0, 0.1) is 0 Å². The summed E-state index contributed by atoms with van der Waals surface area (Å²) in [4.78, 5) is 35.4. The third-order valence-electron chi connectivity index (χ3n) is 2.45. The average molecular weight is 329 g/mol. The molecule has 1 aliphatic rings. The van der Waals surface area contributed by atoms with Gasteiger partial charge in [-0.2, -0.15) is 0 Å². The molecule has 4 N–H and O–H groups in total. The third kappa shape index (κ3) is 3.43. The van der Waals surface area contributed by atoms with Crippen LogP contribution >= 0.6 is 23.8 Å². The standard InChI is InChI=1S/C12H7ClN2O4S.H2O/c13-6-1-3-7(4-2-6)15-11(19)8(5-9(16)17)10(18)14-12(15)20;/h1-5H,(H,16,17)(H,14,18,20);1H2/b8-5-;. The van der Waals surface area contributed by atoms with Crippen molar-refractivity contribution in [3.05, 3.63) is 40.9 Å². The van der Waals surface area contributed by atoms with Crippen LogP contribution in [-0.2, 0) is 14.4 Å². The summed E-state index contributed by atoms with van der Waals surface area (Å²) in [5, 5.41) is 11.3. The Balaban J connectivity index is 0.00000220. The Morgan fingerprint density at radius 1 is 1.29 bits per heavy atom. The van der Waals surface area contributed by atoms with Crippen molar-refractivity contribution in [1.29, 1.82) is 0 Å². The van der Waals surface area contributed by atoms with Gasteiger partial charge >= 0.3 is 5.97 Å². The normalized spacial score (nSPS) is 16.5. The zero-order valence-electron chi connectivity index (χ0n) is 10.3. The Morgan fingerprint density at radius 3 is 2.38 bits per heavy atom. The predicted octanol–water partition coefficient (Wildman–Crippen LogP) is 0.274. The largest absolute Gasteiger partial charge is 0.478 e. The van der Waals surface area contributed by atoms with Crippen molar-refractivity contribution in [1.82, 2.24) is 5.32 Å². The molecule has 0 saturated carbocycles. The van der Waals surface area contributed by atoms with Crippen LogP contribution in [0.15, 0.2) is 35.9 Å². The Morgan fingerprint density at radius 2 is 1.86 bits per heavy atom. The highest BCUT2D eigenvalue weighted by Crippen LogP contribution is 2.22. The maximum atomic E-state index is 12.2. The van der Waals surface area contributed by atoms with Gasteiger partial charge in [0.25, 0.3) is 11.8 Å². The molecular formula is C12H9ClN2O5S. The number of aliphatic carboxylic acids is 1. The highest BCUT2D eigenvalue weighted by Gasteiger charge is 2.34. The van der Waals surface area contributed by atoms with E-state index in [1.807, 2.05) is 0 Å². The number of thiocarbonyl (C=S) groups is 1. The third-order valence-corrected chi connectivity index (χ3v) is 2.99. The number of carboxylic acids is 1. The van der Waals surface area contributed by atoms with Gasteiger partial charge in [0.15, 0.2) is 5.11 Å². The second kappa shape index (κ2) is 6.44. The fourth-order valence-corrected chi connectivity index (χ4v) is 2.01. The molecule has 1 aromatic carbocycles. The second-order valence-corrected chi connectivity index (χ2v) is 4.60. The molecule has 0 bridgehead atoms. The molecule has 0 aromatic heterocycles. The smallest absolute Gasteiger partial charge is 0.329 e. The number of benzene rings is 1. The summed E-state index contributed by atoms with van der Waals surface area (Å²) >= 11 is 10.7. The lowest BCUT2D eigenvalue weighted by Gasteiger charge is -2.28. The van der Waals surface area contributed by atoms with Gasteiger partial charge < -0.3 is 10.6 Å². The van der Waals surface area contributed by atoms with Gasteiger partial charge in [-0.15, -0.1) is 0 Å². The van der Waals surface area contributed by atoms with E-state index in [1.165, 1.54) is 12.1 Å². The van der Waals surface area contributed by atoms with Gasteiger partial charge in [0.05, 0.1) is 5.69 Å². The Kier molecular flexibility index (Phi) is 5.14. The highest BCUT2D eigenvalue weighted by molar-refractivity contribution is 7.80. The summed E-state index contributed by atoms with van der Waals surface area (Å²) < 4.78 is 0. The summed E-state index contributed by atoms with van der Waals surface area (Å²) in [6.45, 7) is 0. The molecule has 0 atom stereocenters. The molecular weight excluding hydrogens is 320 g/mol. The lowest BCUT2D eigenvalue weighted by atomic mass is 10.1. The lowest BCUT2D eigenvalue weighted by molar-refractivity contribution is -0.132. The van der Waals surface area contributed by atoms with Crippen molar-refractivity contribution in [3.63, 3.8) is 0 Å². The molecule has 0 spiro atoms. The number of anilines is 1. The van der Waals surface area contributed by atoms with Crippen LogP contribution in [-0.4, -0.2) is 33.5 Å². The highest BCUT2D eigenvalue weighted by atomic mass is 35.5. The first-order chi connectivity index (χ1) is 9.40. The maximum absolute atomic E-state index is 12.2. The number of rotatable bonds is 2. The first kappa shape index (κ1) is 16.8. The Labute approximate surface area is 129 Å². The van der Waals surface area contributed by atoms with Crippen LogP contribution in [0.5, 0.6) is 0 Å². The molecule has 110 valence electrons. The van der Waals surface area contributed by atoms with E-state index < -0.39 is 23.4 Å². The molecule has 1 aromatic rings. The van der Waals surface area contributed by atoms with Gasteiger partial charge in [-0.25, -0.2) is 4.79 Å². The first-order valence-electron chi connectivity index (χ1n) is 5.30. The van der Waals surface area contributed by atoms with Gasteiger partial charge in [0, 0.05) is 11.1 Å². The summed E-state index contributed by atoms with van der Waals surface area (Å²) in [7, 11) is 0. The number of carbonyl (C=O) groups is 3. The van der Waals surface area contributed by atoms with E-state index in [1.54, 1.807) is 12.1 Å². The molecule has 0 unspecified atom stereocenters. The number of halogens is 1. The molecule has 1 fully saturated rings. The number of hydrogen-bond acceptors (Lipinski definition) is 4. The monoisotopic (exact) mass is 328 g/mol. The van der Waals surface area contributed by atoms with Crippen LogP contribution in [0.4, 0.5) is 5.69 Å². The topological polar surface area (TPSA) is 118 Å². The summed E-state index contributed by atoms with van der Waals surface area (Å²) in [5.74, 6) is -3.04. The van der Waals surface area contributed by atoms with Crippen molar-refractivity contribution < 1.29 is 25.0 Å². The molecule has 2 amide bonds. The minimum Gasteiger partial charge on any atom is -0.478 e. The fraction of sp³-hybridized carbons (Fsp3) is 0. The van der Waals surface area contributed by atoms with E-state index in [9.17, 15) is 14.4 Å². The fourth-order valence-electron chi connectivity index (χ4n) is 1.61. The summed E-state index contributed by atoms with van der Waals surface area (Å²) in [6, 6.07) is 6.15. The van der Waals surface area contributed by atoms with Crippen molar-refractivity contribution in [3.8, 4) is 0 Å². The van der Waals surface area contributed by atoms with Crippen LogP contribution in [0.3, 0.4) is 0 Å². The molecule has 0 aliphatic carbocycles. The van der Waals surface area contributed by atoms with E-state index in [-0.39, 0.29) is 10.6 Å². The SMILES string of the molecule is O.O=C(O)/C=C1/C(=O)NC(=S)N(c2ccc(Cl)cc2)C1=O. The Hall–Kier alpha value is -2.29. The van der Waals surface area contributed by atoms with Crippen molar-refractivity contribution in [2.45, 2.75) is 0 Å². The van der Waals surface area contributed by atoms with Gasteiger partial charge in [-0.3, -0.25) is 19.8 Å². The number of carboxylic acid groups (broad SMARTS) is 1. The number of amides is 2. The number of nitrogens with zero attached hydrogens (tertiary/aromatic N) is 1. The maximum Gasteiger partial charge on any atom is 0.329 e. The number of nitrogens with one attached hydrogen (secondary N) is 1. The van der Waals surface area contributed by atoms with E-state index in [4.69, 9.17) is 28.9 Å². The van der Waals surface area contributed by atoms with Crippen molar-refractivity contribution in [2.24, 2.45) is 0 Å². The first-order valence-corrected chi connectivity index (χ1v) is 6.08. The van der Waals surface area contributed by atoms with Crippen molar-refractivity contribution >= 4 is 52.4 Å². The van der Waals surface area contributed by atoms with Gasteiger partial charge in [-0.05, 0) is 36.5 Å². The molecule has 21 heavy (non-hydrogen) atoms. The molecule has 1 aliphatic heterocycles. The van der Waals surface area contributed by atoms with E-state index in [2.05, 4.69) is 5.32 Å². The molecule has 2 rings (SSSR count). The molecule has 1 heterocycles. The summed E-state index contributed by atoms with van der Waals surface area (Å²) in [5.41, 5.74) is -0.123. The van der Waals surface area contributed by atoms with Gasteiger partial charge in [0.1, 0.15) is 5.57 Å². The van der Waals surface area contributed by atoms with E-state index in [0.717, 1.165) is 4.90 Å². The predicted molar refractivity (Wildman–Crippen MR) is 79.0 cm³/mol. The lowest BCUT2D eigenvalue weighted by Crippen LogP contribution is -2.54. The molecule has 9 heteroatoms. The molecule has 0 radical (unpaired) electrons.